The SMILES string of the molecule is Cc1cn(C(C)C#N)cn1. The van der Waals surface area contributed by atoms with Crippen LogP contribution in [-0.2, 0) is 0 Å². The van der Waals surface area contributed by atoms with E-state index in [2.05, 4.69) is 11.1 Å². The van der Waals surface area contributed by atoms with Crippen molar-refractivity contribution < 1.29 is 0 Å². The third-order valence-corrected chi connectivity index (χ3v) is 1.36. The summed E-state index contributed by atoms with van der Waals surface area (Å²) in [7, 11) is 0. The average molecular weight is 135 g/mol. The first kappa shape index (κ1) is 6.81. The number of hydrogen-bond acceptors (Lipinski definition) is 2. The van der Waals surface area contributed by atoms with Crippen LogP contribution in [0.25, 0.3) is 0 Å². The molecule has 0 radical (unpaired) electrons. The molecule has 10 heavy (non-hydrogen) atoms. The summed E-state index contributed by atoms with van der Waals surface area (Å²) >= 11 is 0. The standard InChI is InChI=1S/C7H9N3/c1-6-4-10(5-9-6)7(2)3-8/h4-5,7H,1-2H3. The molecule has 1 aromatic heterocycles. The fraction of sp³-hybridized carbons (Fsp3) is 0.429. The van der Waals surface area contributed by atoms with Gasteiger partial charge in [0.25, 0.3) is 0 Å². The number of aromatic nitrogens is 2. The van der Waals surface area contributed by atoms with Gasteiger partial charge < -0.3 is 4.57 Å². The maximum Gasteiger partial charge on any atom is 0.119 e. The molecule has 0 N–H and O–H groups in total. The van der Waals surface area contributed by atoms with Crippen molar-refractivity contribution in [1.29, 1.82) is 5.26 Å². The number of aryl methyl sites for hydroxylation is 1. The minimum Gasteiger partial charge on any atom is -0.321 e. The molecule has 0 aromatic carbocycles. The molecule has 0 aliphatic heterocycles. The molecule has 3 heteroatoms. The van der Waals surface area contributed by atoms with Gasteiger partial charge in [0.05, 0.1) is 18.1 Å². The van der Waals surface area contributed by atoms with E-state index < -0.39 is 0 Å². The predicted octanol–water partition coefficient (Wildman–Crippen LogP) is 1.28. The quantitative estimate of drug-likeness (QED) is 0.582. The molecule has 0 aliphatic rings. The minimum absolute atomic E-state index is 0.110. The summed E-state index contributed by atoms with van der Waals surface area (Å²) in [4.78, 5) is 4.00. The zero-order valence-electron chi connectivity index (χ0n) is 6.07. The van der Waals surface area contributed by atoms with Gasteiger partial charge in [-0.1, -0.05) is 0 Å². The van der Waals surface area contributed by atoms with Crippen LogP contribution >= 0.6 is 0 Å². The fourth-order valence-electron chi connectivity index (χ4n) is 0.719. The summed E-state index contributed by atoms with van der Waals surface area (Å²) in [6.07, 6.45) is 3.52. The van der Waals surface area contributed by atoms with Crippen molar-refractivity contribution in [3.8, 4) is 6.07 Å². The van der Waals surface area contributed by atoms with Crippen LogP contribution in [0.4, 0.5) is 0 Å². The lowest BCUT2D eigenvalue weighted by molar-refractivity contribution is 0.672. The highest BCUT2D eigenvalue weighted by Crippen LogP contribution is 2.03. The van der Waals surface area contributed by atoms with Gasteiger partial charge in [-0.3, -0.25) is 0 Å². The van der Waals surface area contributed by atoms with Crippen molar-refractivity contribution in [1.82, 2.24) is 9.55 Å². The first-order valence-corrected chi connectivity index (χ1v) is 3.13. The number of nitrogens with zero attached hydrogens (tertiary/aromatic N) is 3. The van der Waals surface area contributed by atoms with Crippen molar-refractivity contribution >= 4 is 0 Å². The van der Waals surface area contributed by atoms with E-state index in [9.17, 15) is 0 Å². The molecular formula is C7H9N3. The zero-order valence-corrected chi connectivity index (χ0v) is 6.07. The average Bonchev–Trinajstić information content (AvgIpc) is 2.34. The Morgan fingerprint density at radius 1 is 1.80 bits per heavy atom. The van der Waals surface area contributed by atoms with Crippen molar-refractivity contribution in [2.75, 3.05) is 0 Å². The Morgan fingerprint density at radius 3 is 2.90 bits per heavy atom. The summed E-state index contributed by atoms with van der Waals surface area (Å²) in [6.45, 7) is 3.74. The van der Waals surface area contributed by atoms with E-state index in [1.54, 1.807) is 10.9 Å². The van der Waals surface area contributed by atoms with Crippen LogP contribution in [0.15, 0.2) is 12.5 Å². The molecule has 1 aromatic rings. The summed E-state index contributed by atoms with van der Waals surface area (Å²) < 4.78 is 1.79. The smallest absolute Gasteiger partial charge is 0.119 e. The Hall–Kier alpha value is -1.30. The summed E-state index contributed by atoms with van der Waals surface area (Å²) in [6, 6.07) is 2.01. The molecule has 0 saturated heterocycles. The number of hydrogen-bond donors (Lipinski definition) is 0. The van der Waals surface area contributed by atoms with Crippen LogP contribution in [0.3, 0.4) is 0 Å². The summed E-state index contributed by atoms with van der Waals surface area (Å²) in [5.74, 6) is 0. The van der Waals surface area contributed by atoms with E-state index >= 15 is 0 Å². The lowest BCUT2D eigenvalue weighted by atomic mass is 10.4. The van der Waals surface area contributed by atoms with E-state index in [-0.39, 0.29) is 6.04 Å². The highest BCUT2D eigenvalue weighted by Gasteiger charge is 2.00. The maximum atomic E-state index is 8.50. The Morgan fingerprint density at radius 2 is 2.50 bits per heavy atom. The van der Waals surface area contributed by atoms with E-state index in [4.69, 9.17) is 5.26 Å². The Balaban J connectivity index is 2.87. The third-order valence-electron chi connectivity index (χ3n) is 1.36. The Kier molecular flexibility index (Phi) is 1.72. The highest BCUT2D eigenvalue weighted by atomic mass is 15.1. The number of imidazole rings is 1. The molecule has 52 valence electrons. The van der Waals surface area contributed by atoms with Crippen molar-refractivity contribution in [3.63, 3.8) is 0 Å². The molecule has 0 bridgehead atoms. The van der Waals surface area contributed by atoms with Crippen LogP contribution in [0.1, 0.15) is 18.7 Å². The van der Waals surface area contributed by atoms with Crippen LogP contribution in [0.2, 0.25) is 0 Å². The van der Waals surface area contributed by atoms with Gasteiger partial charge in [-0.15, -0.1) is 0 Å². The second-order valence-electron chi connectivity index (χ2n) is 2.27. The van der Waals surface area contributed by atoms with Gasteiger partial charge >= 0.3 is 0 Å². The van der Waals surface area contributed by atoms with Crippen molar-refractivity contribution in [2.45, 2.75) is 19.9 Å². The Labute approximate surface area is 59.9 Å². The van der Waals surface area contributed by atoms with Crippen LogP contribution < -0.4 is 0 Å². The van der Waals surface area contributed by atoms with Gasteiger partial charge in [0.2, 0.25) is 0 Å². The van der Waals surface area contributed by atoms with Gasteiger partial charge in [0, 0.05) is 6.20 Å². The molecule has 1 rings (SSSR count). The molecule has 0 fully saturated rings. The van der Waals surface area contributed by atoms with Gasteiger partial charge in [0.15, 0.2) is 0 Å². The third kappa shape index (κ3) is 1.16. The van der Waals surface area contributed by atoms with Gasteiger partial charge in [-0.2, -0.15) is 5.26 Å². The lowest BCUT2D eigenvalue weighted by Crippen LogP contribution is -1.97. The minimum atomic E-state index is -0.110. The monoisotopic (exact) mass is 135 g/mol. The molecule has 0 amide bonds. The van der Waals surface area contributed by atoms with E-state index in [0.29, 0.717) is 0 Å². The molecular weight excluding hydrogens is 126 g/mol. The van der Waals surface area contributed by atoms with E-state index in [1.165, 1.54) is 0 Å². The predicted molar refractivity (Wildman–Crippen MR) is 37.3 cm³/mol. The topological polar surface area (TPSA) is 41.6 Å². The largest absolute Gasteiger partial charge is 0.321 e. The normalized spacial score (nSPS) is 12.5. The second kappa shape index (κ2) is 2.53. The molecule has 1 unspecified atom stereocenters. The van der Waals surface area contributed by atoms with Crippen LogP contribution in [0, 0.1) is 18.3 Å². The molecule has 0 aliphatic carbocycles. The molecule has 3 nitrogen and oxygen atoms in total. The maximum absolute atomic E-state index is 8.50. The second-order valence-corrected chi connectivity index (χ2v) is 2.27. The molecule has 1 heterocycles. The van der Waals surface area contributed by atoms with Crippen LogP contribution in [-0.4, -0.2) is 9.55 Å². The zero-order chi connectivity index (χ0) is 7.56. The summed E-state index contributed by atoms with van der Waals surface area (Å²) in [5.41, 5.74) is 0.946. The Bertz CT molecular complexity index is 256. The van der Waals surface area contributed by atoms with Gasteiger partial charge in [-0.05, 0) is 13.8 Å². The first-order valence-electron chi connectivity index (χ1n) is 3.13. The van der Waals surface area contributed by atoms with Gasteiger partial charge in [-0.25, -0.2) is 4.98 Å². The summed E-state index contributed by atoms with van der Waals surface area (Å²) in [5, 5.41) is 8.50. The highest BCUT2D eigenvalue weighted by molar-refractivity contribution is 4.98. The number of nitriles is 1. The van der Waals surface area contributed by atoms with Crippen molar-refractivity contribution in [2.24, 2.45) is 0 Å². The number of rotatable bonds is 1. The van der Waals surface area contributed by atoms with Gasteiger partial charge in [0.1, 0.15) is 6.04 Å². The molecule has 0 spiro atoms. The van der Waals surface area contributed by atoms with E-state index in [1.807, 2.05) is 20.0 Å². The first-order chi connectivity index (χ1) is 4.74. The molecule has 0 saturated carbocycles. The van der Waals surface area contributed by atoms with Crippen LogP contribution in [0.5, 0.6) is 0 Å². The molecule has 1 atom stereocenters. The van der Waals surface area contributed by atoms with Crippen molar-refractivity contribution in [3.05, 3.63) is 18.2 Å². The lowest BCUT2D eigenvalue weighted by Gasteiger charge is -1.99. The van der Waals surface area contributed by atoms with E-state index in [0.717, 1.165) is 5.69 Å². The fourth-order valence-corrected chi connectivity index (χ4v) is 0.719.